The Bertz CT molecular complexity index is 242. The van der Waals surface area contributed by atoms with Crippen molar-refractivity contribution in [3.8, 4) is 0 Å². The minimum atomic E-state index is 0.924. The van der Waals surface area contributed by atoms with Crippen LogP contribution in [-0.4, -0.2) is 6.21 Å². The number of allylic oxidation sites excluding steroid dienone is 4. The third-order valence-corrected chi connectivity index (χ3v) is 1.42. The van der Waals surface area contributed by atoms with E-state index in [-0.39, 0.29) is 0 Å². The van der Waals surface area contributed by atoms with E-state index in [9.17, 15) is 0 Å². The predicted octanol–water partition coefficient (Wildman–Crippen LogP) is 3.28. The van der Waals surface area contributed by atoms with Crippen LogP contribution in [0.1, 0.15) is 13.8 Å². The lowest BCUT2D eigenvalue weighted by Gasteiger charge is -1.99. The topological polar surface area (TPSA) is 12.4 Å². The van der Waals surface area contributed by atoms with Crippen molar-refractivity contribution >= 4 is 6.21 Å². The van der Waals surface area contributed by atoms with Gasteiger partial charge in [-0.2, -0.15) is 0 Å². The third kappa shape index (κ3) is 3.15. The molecule has 0 N–H and O–H groups in total. The molecular formula is C11H15N. The molecule has 1 heteroatoms. The summed E-state index contributed by atoms with van der Waals surface area (Å²) in [5.74, 6) is 0. The van der Waals surface area contributed by atoms with Crippen molar-refractivity contribution in [2.24, 2.45) is 4.99 Å². The van der Waals surface area contributed by atoms with Crippen LogP contribution < -0.4 is 0 Å². The van der Waals surface area contributed by atoms with E-state index in [1.54, 1.807) is 18.4 Å². The molecule has 0 aromatic heterocycles. The average Bonchev–Trinajstić information content (AvgIpc) is 2.12. The van der Waals surface area contributed by atoms with Crippen molar-refractivity contribution in [1.82, 2.24) is 0 Å². The van der Waals surface area contributed by atoms with Crippen LogP contribution in [0.25, 0.3) is 0 Å². The number of aliphatic imine (C=N–C) groups is 1. The molecule has 0 aliphatic heterocycles. The summed E-state index contributed by atoms with van der Waals surface area (Å²) in [6.07, 6.45) is 9.03. The van der Waals surface area contributed by atoms with Gasteiger partial charge in [0.15, 0.2) is 0 Å². The molecule has 1 nitrogen and oxygen atoms in total. The van der Waals surface area contributed by atoms with Crippen molar-refractivity contribution in [3.63, 3.8) is 0 Å². The molecule has 0 unspecified atom stereocenters. The number of rotatable bonds is 4. The maximum Gasteiger partial charge on any atom is 0.0655 e. The number of nitrogens with zero attached hydrogens (tertiary/aromatic N) is 1. The van der Waals surface area contributed by atoms with Gasteiger partial charge in [-0.25, -0.2) is 0 Å². The first kappa shape index (κ1) is 10.6. The van der Waals surface area contributed by atoms with Crippen LogP contribution in [-0.2, 0) is 0 Å². The summed E-state index contributed by atoms with van der Waals surface area (Å²) in [5, 5.41) is 0. The molecule has 0 aliphatic carbocycles. The Balaban J connectivity index is 4.68. The van der Waals surface area contributed by atoms with Gasteiger partial charge in [0.1, 0.15) is 0 Å². The van der Waals surface area contributed by atoms with Crippen LogP contribution in [0.15, 0.2) is 53.7 Å². The average molecular weight is 161 g/mol. The molecule has 0 rings (SSSR count). The van der Waals surface area contributed by atoms with Gasteiger partial charge in [0.2, 0.25) is 0 Å². The molecule has 12 heavy (non-hydrogen) atoms. The van der Waals surface area contributed by atoms with Crippen LogP contribution in [0.2, 0.25) is 0 Å². The SMILES string of the molecule is C=C\C=N/C(=C/C)C(/C=C)=C\C. The summed E-state index contributed by atoms with van der Waals surface area (Å²) in [7, 11) is 0. The van der Waals surface area contributed by atoms with E-state index in [0.717, 1.165) is 11.3 Å². The summed E-state index contributed by atoms with van der Waals surface area (Å²) < 4.78 is 0. The predicted molar refractivity (Wildman–Crippen MR) is 56.4 cm³/mol. The van der Waals surface area contributed by atoms with Crippen LogP contribution in [0.5, 0.6) is 0 Å². The highest BCUT2D eigenvalue weighted by molar-refractivity contribution is 5.72. The molecule has 0 spiro atoms. The van der Waals surface area contributed by atoms with Crippen LogP contribution in [0.4, 0.5) is 0 Å². The van der Waals surface area contributed by atoms with Crippen molar-refractivity contribution in [3.05, 3.63) is 48.7 Å². The zero-order valence-electron chi connectivity index (χ0n) is 7.75. The minimum Gasteiger partial charge on any atom is -0.257 e. The van der Waals surface area contributed by atoms with E-state index in [4.69, 9.17) is 0 Å². The summed E-state index contributed by atoms with van der Waals surface area (Å²) in [4.78, 5) is 4.18. The highest BCUT2D eigenvalue weighted by Gasteiger charge is 1.93. The minimum absolute atomic E-state index is 0.924. The molecule has 0 fully saturated rings. The van der Waals surface area contributed by atoms with Gasteiger partial charge in [-0.1, -0.05) is 37.5 Å². The van der Waals surface area contributed by atoms with E-state index in [0.29, 0.717) is 0 Å². The molecule has 0 saturated heterocycles. The normalized spacial score (nSPS) is 13.5. The summed E-state index contributed by atoms with van der Waals surface area (Å²) in [6.45, 7) is 11.2. The third-order valence-electron chi connectivity index (χ3n) is 1.42. The molecule has 0 bridgehead atoms. The van der Waals surface area contributed by atoms with Gasteiger partial charge in [-0.15, -0.1) is 0 Å². The van der Waals surface area contributed by atoms with E-state index >= 15 is 0 Å². The molecule has 0 aromatic rings. The van der Waals surface area contributed by atoms with Gasteiger partial charge in [-0.05, 0) is 19.4 Å². The molecule has 0 aliphatic rings. The lowest BCUT2D eigenvalue weighted by Crippen LogP contribution is -1.82. The molecule has 0 saturated carbocycles. The quantitative estimate of drug-likeness (QED) is 0.443. The molecule has 64 valence electrons. The standard InChI is InChI=1S/C11H15N/c1-5-9-12-11(8-4)10(6-2)7-3/h5-9H,1-2H2,3-4H3/b10-7-,11-8+,12-9-. The monoisotopic (exact) mass is 161 g/mol. The largest absolute Gasteiger partial charge is 0.257 e. The molecule has 0 heterocycles. The van der Waals surface area contributed by atoms with Crippen LogP contribution >= 0.6 is 0 Å². The summed E-state index contributed by atoms with van der Waals surface area (Å²) in [5.41, 5.74) is 1.96. The molecule has 0 aromatic carbocycles. The van der Waals surface area contributed by atoms with Gasteiger partial charge >= 0.3 is 0 Å². The molecule has 0 amide bonds. The van der Waals surface area contributed by atoms with Gasteiger partial charge < -0.3 is 0 Å². The highest BCUT2D eigenvalue weighted by Crippen LogP contribution is 2.11. The van der Waals surface area contributed by atoms with Crippen molar-refractivity contribution in [2.45, 2.75) is 13.8 Å². The first-order valence-electron chi connectivity index (χ1n) is 3.90. The molecule has 0 radical (unpaired) electrons. The van der Waals surface area contributed by atoms with Crippen LogP contribution in [0.3, 0.4) is 0 Å². The first-order valence-corrected chi connectivity index (χ1v) is 3.90. The van der Waals surface area contributed by atoms with Crippen molar-refractivity contribution in [2.75, 3.05) is 0 Å². The van der Waals surface area contributed by atoms with Crippen molar-refractivity contribution in [1.29, 1.82) is 0 Å². The Morgan fingerprint density at radius 1 is 1.17 bits per heavy atom. The fourth-order valence-corrected chi connectivity index (χ4v) is 0.819. The second-order valence-electron chi connectivity index (χ2n) is 2.14. The Kier molecular flexibility index (Phi) is 5.62. The summed E-state index contributed by atoms with van der Waals surface area (Å²) in [6, 6.07) is 0. The van der Waals surface area contributed by atoms with Gasteiger partial charge in [0.05, 0.1) is 5.70 Å². The van der Waals surface area contributed by atoms with E-state index in [1.165, 1.54) is 0 Å². The van der Waals surface area contributed by atoms with Crippen LogP contribution in [0, 0.1) is 0 Å². The van der Waals surface area contributed by atoms with Gasteiger partial charge in [0.25, 0.3) is 0 Å². The Morgan fingerprint density at radius 2 is 1.83 bits per heavy atom. The molecule has 0 atom stereocenters. The zero-order chi connectivity index (χ0) is 9.40. The van der Waals surface area contributed by atoms with Crippen molar-refractivity contribution < 1.29 is 0 Å². The van der Waals surface area contributed by atoms with Gasteiger partial charge in [-0.3, -0.25) is 4.99 Å². The Hall–Kier alpha value is -1.37. The van der Waals surface area contributed by atoms with E-state index in [1.807, 2.05) is 26.0 Å². The van der Waals surface area contributed by atoms with Gasteiger partial charge in [0, 0.05) is 6.21 Å². The second-order valence-corrected chi connectivity index (χ2v) is 2.14. The highest BCUT2D eigenvalue weighted by atomic mass is 14.7. The Morgan fingerprint density at radius 3 is 2.17 bits per heavy atom. The fraction of sp³-hybridized carbons (Fsp3) is 0.182. The van der Waals surface area contributed by atoms with E-state index in [2.05, 4.69) is 18.2 Å². The second kappa shape index (κ2) is 6.35. The lowest BCUT2D eigenvalue weighted by atomic mass is 10.2. The van der Waals surface area contributed by atoms with E-state index < -0.39 is 0 Å². The maximum atomic E-state index is 4.18. The zero-order valence-corrected chi connectivity index (χ0v) is 7.75. The maximum absolute atomic E-state index is 4.18. The number of hydrogen-bond acceptors (Lipinski definition) is 1. The number of hydrogen-bond donors (Lipinski definition) is 0. The first-order chi connectivity index (χ1) is 5.79. The summed E-state index contributed by atoms with van der Waals surface area (Å²) >= 11 is 0. The fourth-order valence-electron chi connectivity index (χ4n) is 0.819. The smallest absolute Gasteiger partial charge is 0.0655 e. The lowest BCUT2D eigenvalue weighted by molar-refractivity contribution is 1.32. The Labute approximate surface area is 74.5 Å². The molecular weight excluding hydrogens is 146 g/mol.